The predicted molar refractivity (Wildman–Crippen MR) is 108 cm³/mol. The third-order valence-corrected chi connectivity index (χ3v) is 5.34. The maximum Gasteiger partial charge on any atom is 0.355 e. The second kappa shape index (κ2) is 9.09. The Hall–Kier alpha value is -2.56. The first kappa shape index (κ1) is 20.2. The van der Waals surface area contributed by atoms with E-state index in [4.69, 9.17) is 9.47 Å². The molecule has 1 aliphatic rings. The van der Waals surface area contributed by atoms with Gasteiger partial charge in [0.2, 0.25) is 0 Å². The van der Waals surface area contributed by atoms with Crippen LogP contribution in [-0.4, -0.2) is 30.0 Å². The molecule has 0 bridgehead atoms. The monoisotopic (exact) mass is 383 g/mol. The number of rotatable bonds is 8. The molecule has 3 rings (SSSR count). The van der Waals surface area contributed by atoms with Gasteiger partial charge in [-0.25, -0.2) is 4.79 Å². The summed E-state index contributed by atoms with van der Waals surface area (Å²) in [7, 11) is 0. The standard InChI is InChI=1S/C23H29NO4/c1-4-6-7-12-28-23(26)22-15(3)21-19(24-22)13-17(14-20(21)25)16-8-10-18(11-9-16)27-5-2/h8-11,17,24H,4-7,12-14H2,1-3H3/t17-/m1/s1. The van der Waals surface area contributed by atoms with E-state index in [2.05, 4.69) is 11.9 Å². The Morgan fingerprint density at radius 2 is 1.89 bits per heavy atom. The number of ether oxygens (including phenoxy) is 2. The first-order valence-electron chi connectivity index (χ1n) is 10.2. The third kappa shape index (κ3) is 4.29. The first-order valence-corrected chi connectivity index (χ1v) is 10.2. The molecule has 0 fully saturated rings. The van der Waals surface area contributed by atoms with Crippen LogP contribution in [0.2, 0.25) is 0 Å². The lowest BCUT2D eigenvalue weighted by Crippen LogP contribution is -2.18. The Labute approximate surface area is 166 Å². The van der Waals surface area contributed by atoms with Crippen molar-refractivity contribution >= 4 is 11.8 Å². The van der Waals surface area contributed by atoms with Crippen molar-refractivity contribution in [3.63, 3.8) is 0 Å². The molecular weight excluding hydrogens is 354 g/mol. The van der Waals surface area contributed by atoms with Crippen molar-refractivity contribution in [3.8, 4) is 5.75 Å². The first-order chi connectivity index (χ1) is 13.5. The van der Waals surface area contributed by atoms with E-state index in [-0.39, 0.29) is 17.7 Å². The van der Waals surface area contributed by atoms with Crippen LogP contribution in [0.5, 0.6) is 5.75 Å². The number of esters is 1. The van der Waals surface area contributed by atoms with Crippen LogP contribution in [0.15, 0.2) is 24.3 Å². The van der Waals surface area contributed by atoms with Gasteiger partial charge in [0, 0.05) is 17.7 Å². The van der Waals surface area contributed by atoms with E-state index < -0.39 is 0 Å². The summed E-state index contributed by atoms with van der Waals surface area (Å²) in [5, 5.41) is 0. The number of nitrogens with one attached hydrogen (secondary N) is 1. The zero-order valence-corrected chi connectivity index (χ0v) is 17.0. The highest BCUT2D eigenvalue weighted by Gasteiger charge is 2.32. The number of hydrogen-bond acceptors (Lipinski definition) is 4. The molecule has 1 heterocycles. The molecule has 150 valence electrons. The molecule has 1 aromatic carbocycles. The second-order valence-electron chi connectivity index (χ2n) is 7.35. The molecule has 2 aromatic rings. The van der Waals surface area contributed by atoms with Crippen LogP contribution in [0.4, 0.5) is 0 Å². The molecule has 1 N–H and O–H groups in total. The molecule has 0 aliphatic heterocycles. The number of carbonyl (C=O) groups excluding carboxylic acids is 2. The second-order valence-corrected chi connectivity index (χ2v) is 7.35. The molecule has 0 spiro atoms. The number of hydrogen-bond donors (Lipinski definition) is 1. The molecule has 0 saturated heterocycles. The van der Waals surface area contributed by atoms with Gasteiger partial charge in [0.1, 0.15) is 11.4 Å². The molecular formula is C23H29NO4. The molecule has 0 unspecified atom stereocenters. The van der Waals surface area contributed by atoms with E-state index >= 15 is 0 Å². The van der Waals surface area contributed by atoms with Crippen molar-refractivity contribution in [1.29, 1.82) is 0 Å². The third-order valence-electron chi connectivity index (χ3n) is 5.34. The van der Waals surface area contributed by atoms with E-state index in [0.29, 0.717) is 42.9 Å². The number of carbonyl (C=O) groups is 2. The number of aromatic amines is 1. The molecule has 0 radical (unpaired) electrons. The summed E-state index contributed by atoms with van der Waals surface area (Å²) in [5.41, 5.74) is 3.75. The van der Waals surface area contributed by atoms with Gasteiger partial charge in [-0.15, -0.1) is 0 Å². The van der Waals surface area contributed by atoms with E-state index in [9.17, 15) is 9.59 Å². The minimum absolute atomic E-state index is 0.0823. The lowest BCUT2D eigenvalue weighted by Gasteiger charge is -2.22. The van der Waals surface area contributed by atoms with Gasteiger partial charge in [0.15, 0.2) is 5.78 Å². The smallest absolute Gasteiger partial charge is 0.355 e. The Kier molecular flexibility index (Phi) is 6.55. The molecule has 5 nitrogen and oxygen atoms in total. The fourth-order valence-corrected chi connectivity index (χ4v) is 3.87. The Morgan fingerprint density at radius 3 is 2.57 bits per heavy atom. The molecule has 1 aromatic heterocycles. The van der Waals surface area contributed by atoms with Gasteiger partial charge in [-0.3, -0.25) is 4.79 Å². The SMILES string of the molecule is CCCCCOC(=O)c1[nH]c2c(c1C)C(=O)C[C@H](c1ccc(OCC)cc1)C2. The molecule has 5 heteroatoms. The highest BCUT2D eigenvalue weighted by Crippen LogP contribution is 2.35. The average molecular weight is 383 g/mol. The van der Waals surface area contributed by atoms with Crippen molar-refractivity contribution in [1.82, 2.24) is 4.98 Å². The lowest BCUT2D eigenvalue weighted by atomic mass is 9.81. The minimum atomic E-state index is -0.367. The number of fused-ring (bicyclic) bond motifs is 1. The molecule has 1 atom stereocenters. The van der Waals surface area contributed by atoms with Gasteiger partial charge in [0.05, 0.1) is 13.2 Å². The maximum absolute atomic E-state index is 12.8. The van der Waals surface area contributed by atoms with E-state index in [1.165, 1.54) is 0 Å². The number of Topliss-reactive ketones (excluding diaryl/α,β-unsaturated/α-hetero) is 1. The minimum Gasteiger partial charge on any atom is -0.494 e. The van der Waals surface area contributed by atoms with Gasteiger partial charge in [-0.05, 0) is 55.9 Å². The number of unbranched alkanes of at least 4 members (excludes halogenated alkanes) is 2. The van der Waals surface area contributed by atoms with Crippen molar-refractivity contribution < 1.29 is 19.1 Å². The van der Waals surface area contributed by atoms with Crippen LogP contribution in [0.25, 0.3) is 0 Å². The van der Waals surface area contributed by atoms with Gasteiger partial charge < -0.3 is 14.5 Å². The maximum atomic E-state index is 12.8. The quantitative estimate of drug-likeness (QED) is 0.515. The van der Waals surface area contributed by atoms with Crippen LogP contribution in [0, 0.1) is 6.92 Å². The summed E-state index contributed by atoms with van der Waals surface area (Å²) in [5.74, 6) is 0.646. The molecule has 28 heavy (non-hydrogen) atoms. The number of benzene rings is 1. The average Bonchev–Trinajstić information content (AvgIpc) is 3.03. The predicted octanol–water partition coefficient (Wildman–Crippen LogP) is 4.98. The van der Waals surface area contributed by atoms with Gasteiger partial charge in [-0.1, -0.05) is 31.9 Å². The lowest BCUT2D eigenvalue weighted by molar-refractivity contribution is 0.0491. The van der Waals surface area contributed by atoms with Crippen LogP contribution in [-0.2, 0) is 11.2 Å². The van der Waals surface area contributed by atoms with Crippen LogP contribution < -0.4 is 4.74 Å². The molecule has 0 saturated carbocycles. The summed E-state index contributed by atoms with van der Waals surface area (Å²) in [6.07, 6.45) is 4.13. The van der Waals surface area contributed by atoms with Crippen molar-refractivity contribution in [2.24, 2.45) is 0 Å². The van der Waals surface area contributed by atoms with Crippen molar-refractivity contribution in [2.45, 2.75) is 58.8 Å². The van der Waals surface area contributed by atoms with Crippen molar-refractivity contribution in [3.05, 3.63) is 52.3 Å². The van der Waals surface area contributed by atoms with Gasteiger partial charge in [-0.2, -0.15) is 0 Å². The summed E-state index contributed by atoms with van der Waals surface area (Å²) in [6.45, 7) is 6.93. The Morgan fingerprint density at radius 1 is 1.14 bits per heavy atom. The largest absolute Gasteiger partial charge is 0.494 e. The van der Waals surface area contributed by atoms with Crippen LogP contribution in [0.3, 0.4) is 0 Å². The van der Waals surface area contributed by atoms with E-state index in [1.54, 1.807) is 0 Å². The normalized spacial score (nSPS) is 16.0. The molecule has 0 amide bonds. The number of ketones is 1. The van der Waals surface area contributed by atoms with Crippen LogP contribution >= 0.6 is 0 Å². The number of H-pyrrole nitrogens is 1. The summed E-state index contributed by atoms with van der Waals surface area (Å²) >= 11 is 0. The summed E-state index contributed by atoms with van der Waals surface area (Å²) in [6, 6.07) is 7.93. The highest BCUT2D eigenvalue weighted by molar-refractivity contribution is 6.03. The van der Waals surface area contributed by atoms with Gasteiger partial charge in [0.25, 0.3) is 0 Å². The fraction of sp³-hybridized carbons (Fsp3) is 0.478. The topological polar surface area (TPSA) is 68.4 Å². The zero-order chi connectivity index (χ0) is 20.1. The summed E-state index contributed by atoms with van der Waals surface area (Å²) < 4.78 is 10.9. The molecule has 1 aliphatic carbocycles. The van der Waals surface area contributed by atoms with Crippen molar-refractivity contribution in [2.75, 3.05) is 13.2 Å². The summed E-state index contributed by atoms with van der Waals surface area (Å²) in [4.78, 5) is 28.4. The Balaban J connectivity index is 1.75. The van der Waals surface area contributed by atoms with E-state index in [0.717, 1.165) is 36.3 Å². The fourth-order valence-electron chi connectivity index (χ4n) is 3.87. The van der Waals surface area contributed by atoms with E-state index in [1.807, 2.05) is 38.1 Å². The van der Waals surface area contributed by atoms with Crippen LogP contribution in [0.1, 0.15) is 83.1 Å². The Bertz CT molecular complexity index is 835. The van der Waals surface area contributed by atoms with Gasteiger partial charge >= 0.3 is 5.97 Å². The number of aromatic nitrogens is 1. The zero-order valence-electron chi connectivity index (χ0n) is 17.0. The highest BCUT2D eigenvalue weighted by atomic mass is 16.5.